The molecule has 0 bridgehead atoms. The third kappa shape index (κ3) is 4.53. The molecule has 0 aliphatic carbocycles. The predicted octanol–water partition coefficient (Wildman–Crippen LogP) is 4.31. The Balaban J connectivity index is 1.43. The van der Waals surface area contributed by atoms with Crippen LogP contribution in [0.25, 0.3) is 33.5 Å². The van der Waals surface area contributed by atoms with Crippen molar-refractivity contribution in [2.24, 2.45) is 0 Å². The van der Waals surface area contributed by atoms with Gasteiger partial charge in [0.05, 0.1) is 17.4 Å². The summed E-state index contributed by atoms with van der Waals surface area (Å²) >= 11 is 0. The number of carboxylic acids is 1. The summed E-state index contributed by atoms with van der Waals surface area (Å²) in [5, 5.41) is 22.9. The molecule has 2 N–H and O–H groups in total. The van der Waals surface area contributed by atoms with Gasteiger partial charge in [-0.15, -0.1) is 5.10 Å². The number of hydrogen-bond donors (Lipinski definition) is 2. The van der Waals surface area contributed by atoms with Gasteiger partial charge in [0.15, 0.2) is 5.82 Å². The largest absolute Gasteiger partial charge is 0.481 e. The average Bonchev–Trinajstić information content (AvgIpc) is 3.43. The molecule has 8 nitrogen and oxygen atoms in total. The van der Waals surface area contributed by atoms with Crippen molar-refractivity contribution in [2.75, 3.05) is 0 Å². The van der Waals surface area contributed by atoms with Crippen molar-refractivity contribution in [1.82, 2.24) is 30.2 Å². The van der Waals surface area contributed by atoms with Gasteiger partial charge in [0.25, 0.3) is 0 Å². The highest BCUT2D eigenvalue weighted by atomic mass is 16.4. The number of hydrogen-bond acceptors (Lipinski definition) is 5. The maximum Gasteiger partial charge on any atom is 0.303 e. The number of tetrazole rings is 1. The van der Waals surface area contributed by atoms with Crippen LogP contribution in [0.2, 0.25) is 0 Å². The van der Waals surface area contributed by atoms with E-state index in [1.165, 1.54) is 0 Å². The van der Waals surface area contributed by atoms with Crippen LogP contribution in [0.5, 0.6) is 0 Å². The lowest BCUT2D eigenvalue weighted by Crippen LogP contribution is -1.97. The number of benzene rings is 2. The summed E-state index contributed by atoms with van der Waals surface area (Å²) in [5.74, 6) is -0.0704. The van der Waals surface area contributed by atoms with Crippen molar-refractivity contribution in [1.29, 1.82) is 0 Å². The number of aromatic nitrogens is 6. The molecule has 2 heterocycles. The molecular weight excluding hydrogens is 380 g/mol. The van der Waals surface area contributed by atoms with E-state index in [1.54, 1.807) is 0 Å². The van der Waals surface area contributed by atoms with Crippen molar-refractivity contribution >= 4 is 17.0 Å². The van der Waals surface area contributed by atoms with Gasteiger partial charge in [0.1, 0.15) is 0 Å². The van der Waals surface area contributed by atoms with Crippen LogP contribution in [-0.2, 0) is 11.3 Å². The summed E-state index contributed by atoms with van der Waals surface area (Å²) < 4.78 is 2.18. The quantitative estimate of drug-likeness (QED) is 0.381. The van der Waals surface area contributed by atoms with Crippen LogP contribution in [-0.4, -0.2) is 41.3 Å². The smallest absolute Gasteiger partial charge is 0.303 e. The number of carboxylic acid groups (broad SMARTS) is 1. The average molecular weight is 404 g/mol. The van der Waals surface area contributed by atoms with Crippen LogP contribution in [0, 0.1) is 0 Å². The molecule has 8 heteroatoms. The number of aryl methyl sites for hydroxylation is 1. The molecule has 0 saturated heterocycles. The topological polar surface area (TPSA) is 110 Å². The molecule has 2 aromatic heterocycles. The highest BCUT2D eigenvalue weighted by molar-refractivity contribution is 5.87. The molecule has 0 aliphatic heterocycles. The van der Waals surface area contributed by atoms with Gasteiger partial charge >= 0.3 is 5.97 Å². The Hall–Kier alpha value is -3.55. The molecule has 4 rings (SSSR count). The molecule has 30 heavy (non-hydrogen) atoms. The lowest BCUT2D eigenvalue weighted by molar-refractivity contribution is -0.137. The van der Waals surface area contributed by atoms with Gasteiger partial charge in [-0.2, -0.15) is 0 Å². The first-order valence-electron chi connectivity index (χ1n) is 10.2. The first-order chi connectivity index (χ1) is 14.7. The van der Waals surface area contributed by atoms with E-state index in [1.807, 2.05) is 24.5 Å². The second-order valence-electron chi connectivity index (χ2n) is 7.35. The molecule has 0 unspecified atom stereocenters. The summed E-state index contributed by atoms with van der Waals surface area (Å²) in [4.78, 5) is 15.1. The Morgan fingerprint density at radius 1 is 1.00 bits per heavy atom. The van der Waals surface area contributed by atoms with E-state index in [9.17, 15) is 4.79 Å². The second kappa shape index (κ2) is 9.30. The molecule has 0 saturated carbocycles. The Kier molecular flexibility index (Phi) is 6.12. The molecule has 0 amide bonds. The molecule has 0 radical (unpaired) electrons. The zero-order valence-electron chi connectivity index (χ0n) is 16.7. The van der Waals surface area contributed by atoms with Crippen LogP contribution in [0.1, 0.15) is 38.5 Å². The lowest BCUT2D eigenvalue weighted by atomic mass is 9.99. The van der Waals surface area contributed by atoms with Crippen LogP contribution < -0.4 is 0 Å². The Morgan fingerprint density at radius 2 is 1.80 bits per heavy atom. The number of unbranched alkanes of at least 4 members (excludes halogenated alkanes) is 4. The number of aliphatic carboxylic acids is 1. The number of H-pyrrole nitrogens is 1. The van der Waals surface area contributed by atoms with Crippen LogP contribution in [0.4, 0.5) is 0 Å². The number of carbonyl (C=O) groups is 1. The normalized spacial score (nSPS) is 11.2. The SMILES string of the molecule is O=C(O)CCCCCCCn1cnc2cc(-c3ccccc3-c3nnn[nH]3)ccc21. The van der Waals surface area contributed by atoms with Crippen LogP contribution in [0.3, 0.4) is 0 Å². The minimum absolute atomic E-state index is 0.268. The van der Waals surface area contributed by atoms with Gasteiger partial charge in [0.2, 0.25) is 0 Å². The maximum absolute atomic E-state index is 10.5. The zero-order chi connectivity index (χ0) is 20.8. The van der Waals surface area contributed by atoms with Crippen molar-refractivity contribution < 1.29 is 9.90 Å². The van der Waals surface area contributed by atoms with Crippen LogP contribution in [0.15, 0.2) is 48.8 Å². The highest BCUT2D eigenvalue weighted by Gasteiger charge is 2.11. The van der Waals surface area contributed by atoms with E-state index in [0.717, 1.165) is 66.4 Å². The number of fused-ring (bicyclic) bond motifs is 1. The highest BCUT2D eigenvalue weighted by Crippen LogP contribution is 2.31. The third-order valence-electron chi connectivity index (χ3n) is 5.25. The summed E-state index contributed by atoms with van der Waals surface area (Å²) in [6, 6.07) is 14.3. The molecular formula is C22H24N6O2. The standard InChI is InChI=1S/C22H24N6O2/c29-21(30)10-4-2-1-3-7-13-28-15-23-19-14-16(11-12-20(19)28)17-8-5-6-9-18(17)22-24-26-27-25-22/h5-6,8-9,11-12,14-15H,1-4,7,10,13H2,(H,29,30)(H,24,25,26,27). The van der Waals surface area contributed by atoms with E-state index in [-0.39, 0.29) is 6.42 Å². The molecule has 0 spiro atoms. The van der Waals surface area contributed by atoms with Crippen molar-refractivity contribution in [3.05, 3.63) is 48.8 Å². The summed E-state index contributed by atoms with van der Waals surface area (Å²) in [6.07, 6.45) is 7.11. The van der Waals surface area contributed by atoms with Gasteiger partial charge in [-0.05, 0) is 46.5 Å². The Labute approximate surface area is 174 Å². The fraction of sp³-hybridized carbons (Fsp3) is 0.318. The number of rotatable bonds is 10. The zero-order valence-corrected chi connectivity index (χ0v) is 16.7. The minimum Gasteiger partial charge on any atom is -0.481 e. The molecule has 0 atom stereocenters. The summed E-state index contributed by atoms with van der Waals surface area (Å²) in [5.41, 5.74) is 5.14. The van der Waals surface area contributed by atoms with Crippen molar-refractivity contribution in [2.45, 2.75) is 45.1 Å². The predicted molar refractivity (Wildman–Crippen MR) is 114 cm³/mol. The van der Waals surface area contributed by atoms with Crippen molar-refractivity contribution in [3.8, 4) is 22.5 Å². The van der Waals surface area contributed by atoms with Gasteiger partial charge < -0.3 is 9.67 Å². The second-order valence-corrected chi connectivity index (χ2v) is 7.35. The maximum atomic E-state index is 10.5. The van der Waals surface area contributed by atoms with E-state index in [0.29, 0.717) is 5.82 Å². The van der Waals surface area contributed by atoms with Gasteiger partial charge in [-0.1, -0.05) is 49.6 Å². The summed E-state index contributed by atoms with van der Waals surface area (Å²) in [6.45, 7) is 0.912. The van der Waals surface area contributed by atoms with Crippen LogP contribution >= 0.6 is 0 Å². The van der Waals surface area contributed by atoms with Crippen molar-refractivity contribution in [3.63, 3.8) is 0 Å². The van der Waals surface area contributed by atoms with E-state index in [4.69, 9.17) is 5.11 Å². The van der Waals surface area contributed by atoms with E-state index < -0.39 is 5.97 Å². The fourth-order valence-corrected chi connectivity index (χ4v) is 3.71. The molecule has 0 fully saturated rings. The first-order valence-corrected chi connectivity index (χ1v) is 10.2. The number of aromatic amines is 1. The Bertz CT molecular complexity index is 1120. The minimum atomic E-state index is -0.709. The van der Waals surface area contributed by atoms with Gasteiger partial charge in [-0.25, -0.2) is 10.1 Å². The summed E-state index contributed by atoms with van der Waals surface area (Å²) in [7, 11) is 0. The molecule has 154 valence electrons. The lowest BCUT2D eigenvalue weighted by Gasteiger charge is -2.08. The molecule has 2 aromatic carbocycles. The number of nitrogens with one attached hydrogen (secondary N) is 1. The van der Waals surface area contributed by atoms with E-state index >= 15 is 0 Å². The third-order valence-corrected chi connectivity index (χ3v) is 5.25. The monoisotopic (exact) mass is 404 g/mol. The number of nitrogens with zero attached hydrogens (tertiary/aromatic N) is 5. The molecule has 0 aliphatic rings. The number of imidazole rings is 1. The Morgan fingerprint density at radius 3 is 2.60 bits per heavy atom. The van der Waals surface area contributed by atoms with E-state index in [2.05, 4.69) is 54.4 Å². The van der Waals surface area contributed by atoms with Gasteiger partial charge in [0, 0.05) is 18.5 Å². The van der Waals surface area contributed by atoms with Gasteiger partial charge in [-0.3, -0.25) is 4.79 Å². The molecule has 4 aromatic rings. The fourth-order valence-electron chi connectivity index (χ4n) is 3.71. The first kappa shape index (κ1) is 19.8.